The van der Waals surface area contributed by atoms with Gasteiger partial charge in [-0.15, -0.1) is 0 Å². The third-order valence-corrected chi connectivity index (χ3v) is 6.87. The SMILES string of the molecule is CN(C)c1ccc(-c2oc(-c3ccc(C(C)(F)P)cc3)nc2C(=O)CCCc2ccc3c(c2)OCO3)cc1. The molecule has 2 heterocycles. The van der Waals surface area contributed by atoms with Crippen LogP contribution in [0.3, 0.4) is 0 Å². The summed E-state index contributed by atoms with van der Waals surface area (Å²) in [6, 6.07) is 20.6. The number of oxazole rings is 1. The summed E-state index contributed by atoms with van der Waals surface area (Å²) in [7, 11) is 6.13. The van der Waals surface area contributed by atoms with Gasteiger partial charge in [-0.25, -0.2) is 9.37 Å². The predicted octanol–water partition coefficient (Wildman–Crippen LogP) is 7.03. The molecule has 0 saturated carbocycles. The summed E-state index contributed by atoms with van der Waals surface area (Å²) < 4.78 is 31.3. The number of aryl methyl sites for hydroxylation is 1. The van der Waals surface area contributed by atoms with Crippen molar-refractivity contribution < 1.29 is 23.1 Å². The van der Waals surface area contributed by atoms with Crippen LogP contribution in [-0.2, 0) is 11.8 Å². The highest BCUT2D eigenvalue weighted by molar-refractivity contribution is 7.18. The van der Waals surface area contributed by atoms with Crippen LogP contribution in [0.4, 0.5) is 10.1 Å². The molecule has 0 aliphatic carbocycles. The molecule has 0 fully saturated rings. The number of carbonyl (C=O) groups excluding carboxylic acids is 1. The topological polar surface area (TPSA) is 64.8 Å². The summed E-state index contributed by atoms with van der Waals surface area (Å²) in [6.07, 6.45) is 1.69. The fourth-order valence-corrected chi connectivity index (χ4v) is 4.54. The lowest BCUT2D eigenvalue weighted by atomic mass is 10.0. The van der Waals surface area contributed by atoms with Crippen molar-refractivity contribution in [3.05, 3.63) is 83.6 Å². The highest BCUT2D eigenvalue weighted by Crippen LogP contribution is 2.36. The Morgan fingerprint density at radius 1 is 1.00 bits per heavy atom. The number of ketones is 1. The highest BCUT2D eigenvalue weighted by atomic mass is 31.0. The predicted molar refractivity (Wildman–Crippen MR) is 150 cm³/mol. The largest absolute Gasteiger partial charge is 0.454 e. The second-order valence-corrected chi connectivity index (χ2v) is 10.8. The first-order valence-corrected chi connectivity index (χ1v) is 13.1. The number of hydrogen-bond acceptors (Lipinski definition) is 6. The van der Waals surface area contributed by atoms with E-state index in [4.69, 9.17) is 13.9 Å². The summed E-state index contributed by atoms with van der Waals surface area (Å²) in [5, 5.41) is -1.53. The van der Waals surface area contributed by atoms with Gasteiger partial charge in [-0.05, 0) is 79.4 Å². The number of carbonyl (C=O) groups is 1. The Bertz CT molecular complexity index is 1440. The number of ether oxygens (including phenoxy) is 2. The molecule has 196 valence electrons. The van der Waals surface area contributed by atoms with Crippen molar-refractivity contribution in [3.63, 3.8) is 0 Å². The first kappa shape index (κ1) is 25.9. The monoisotopic (exact) mass is 532 g/mol. The van der Waals surface area contributed by atoms with Crippen LogP contribution >= 0.6 is 9.24 Å². The molecule has 2 atom stereocenters. The molecule has 1 aromatic heterocycles. The molecular weight excluding hydrogens is 502 g/mol. The molecule has 5 rings (SSSR count). The van der Waals surface area contributed by atoms with E-state index in [-0.39, 0.29) is 12.6 Å². The van der Waals surface area contributed by atoms with Gasteiger partial charge in [0.1, 0.15) is 5.41 Å². The summed E-state index contributed by atoms with van der Waals surface area (Å²) in [4.78, 5) is 20.0. The molecule has 0 bridgehead atoms. The number of Topliss-reactive ketones (excluding diaryl/α,β-unsaturated/α-hetero) is 1. The van der Waals surface area contributed by atoms with Crippen molar-refractivity contribution in [2.75, 3.05) is 25.8 Å². The van der Waals surface area contributed by atoms with Gasteiger partial charge < -0.3 is 18.8 Å². The molecule has 0 radical (unpaired) electrons. The van der Waals surface area contributed by atoms with E-state index in [2.05, 4.69) is 14.2 Å². The quantitative estimate of drug-likeness (QED) is 0.170. The molecule has 0 spiro atoms. The van der Waals surface area contributed by atoms with Crippen LogP contribution in [0.15, 0.2) is 71.1 Å². The Morgan fingerprint density at radius 3 is 2.37 bits per heavy atom. The zero-order valence-electron chi connectivity index (χ0n) is 21.7. The molecule has 3 aromatic carbocycles. The summed E-state index contributed by atoms with van der Waals surface area (Å²) >= 11 is 0. The van der Waals surface area contributed by atoms with Gasteiger partial charge in [0.25, 0.3) is 0 Å². The molecule has 0 N–H and O–H groups in total. The fourth-order valence-electron chi connectivity index (χ4n) is 4.35. The Kier molecular flexibility index (Phi) is 7.22. The lowest BCUT2D eigenvalue weighted by Gasteiger charge is -2.14. The maximum atomic E-state index is 14.3. The molecule has 0 amide bonds. The molecular formula is C30H30FN2O4P. The Labute approximate surface area is 224 Å². The zero-order chi connectivity index (χ0) is 26.9. The van der Waals surface area contributed by atoms with E-state index in [0.717, 1.165) is 34.7 Å². The maximum Gasteiger partial charge on any atom is 0.231 e. The number of halogens is 1. The Hall–Kier alpha value is -3.70. The minimum atomic E-state index is -1.53. The summed E-state index contributed by atoms with van der Waals surface area (Å²) in [6.45, 7) is 1.71. The number of nitrogens with zero attached hydrogens (tertiary/aromatic N) is 2. The number of aromatic nitrogens is 1. The van der Waals surface area contributed by atoms with Crippen molar-refractivity contribution in [2.24, 2.45) is 0 Å². The number of fused-ring (bicyclic) bond motifs is 1. The van der Waals surface area contributed by atoms with Crippen LogP contribution in [0, 0.1) is 0 Å². The van der Waals surface area contributed by atoms with Gasteiger partial charge in [0.2, 0.25) is 12.7 Å². The van der Waals surface area contributed by atoms with E-state index in [1.807, 2.05) is 61.5 Å². The second-order valence-electron chi connectivity index (χ2n) is 9.76. The standard InChI is InChI=1S/C30H30FN2O4P/c1-30(31,38)22-12-8-21(9-13-22)29-32-27(28(37-29)20-10-14-23(15-11-20)33(2)3)24(34)6-4-5-19-7-16-25-26(17-19)36-18-35-25/h7-17H,4-6,18,38H2,1-3H3. The van der Waals surface area contributed by atoms with E-state index in [1.165, 1.54) is 6.92 Å². The number of rotatable bonds is 9. The number of anilines is 1. The van der Waals surface area contributed by atoms with Crippen LogP contribution in [0.1, 0.15) is 41.4 Å². The van der Waals surface area contributed by atoms with E-state index in [0.29, 0.717) is 41.3 Å². The fraction of sp³-hybridized carbons (Fsp3) is 0.267. The third-order valence-electron chi connectivity index (χ3n) is 6.54. The zero-order valence-corrected chi connectivity index (χ0v) is 22.8. The molecule has 1 aliphatic heterocycles. The first-order chi connectivity index (χ1) is 18.2. The average molecular weight is 533 g/mol. The minimum Gasteiger partial charge on any atom is -0.454 e. The molecule has 0 saturated heterocycles. The second kappa shape index (κ2) is 10.6. The smallest absolute Gasteiger partial charge is 0.231 e. The Balaban J connectivity index is 1.39. The van der Waals surface area contributed by atoms with Gasteiger partial charge in [-0.3, -0.25) is 4.79 Å². The molecule has 4 aromatic rings. The molecule has 2 unspecified atom stereocenters. The molecule has 8 heteroatoms. The summed E-state index contributed by atoms with van der Waals surface area (Å²) in [5.41, 5.74) is 4.38. The van der Waals surface area contributed by atoms with Crippen molar-refractivity contribution in [2.45, 2.75) is 31.6 Å². The van der Waals surface area contributed by atoms with E-state index >= 15 is 0 Å². The van der Waals surface area contributed by atoms with Crippen LogP contribution in [0.5, 0.6) is 11.5 Å². The van der Waals surface area contributed by atoms with Gasteiger partial charge >= 0.3 is 0 Å². The van der Waals surface area contributed by atoms with Gasteiger partial charge in [0, 0.05) is 37.3 Å². The molecule has 6 nitrogen and oxygen atoms in total. The van der Waals surface area contributed by atoms with Gasteiger partial charge in [-0.2, -0.15) is 0 Å². The highest BCUT2D eigenvalue weighted by Gasteiger charge is 2.24. The summed E-state index contributed by atoms with van der Waals surface area (Å²) in [5.74, 6) is 2.15. The maximum absolute atomic E-state index is 14.3. The van der Waals surface area contributed by atoms with Crippen molar-refractivity contribution in [1.82, 2.24) is 4.98 Å². The van der Waals surface area contributed by atoms with Crippen molar-refractivity contribution in [1.29, 1.82) is 0 Å². The van der Waals surface area contributed by atoms with Crippen molar-refractivity contribution >= 4 is 20.7 Å². The normalized spacial score (nSPS) is 13.8. The van der Waals surface area contributed by atoms with E-state index in [1.54, 1.807) is 24.3 Å². The van der Waals surface area contributed by atoms with Crippen LogP contribution in [-0.4, -0.2) is 31.7 Å². The average Bonchev–Trinajstić information content (AvgIpc) is 3.56. The van der Waals surface area contributed by atoms with E-state index in [9.17, 15) is 9.18 Å². The third kappa shape index (κ3) is 5.58. The molecule has 38 heavy (non-hydrogen) atoms. The van der Waals surface area contributed by atoms with Crippen molar-refractivity contribution in [3.8, 4) is 34.3 Å². The number of benzene rings is 3. The van der Waals surface area contributed by atoms with Crippen LogP contribution in [0.2, 0.25) is 0 Å². The van der Waals surface area contributed by atoms with E-state index < -0.39 is 5.41 Å². The number of hydrogen-bond donors (Lipinski definition) is 0. The number of alkyl halides is 1. The lowest BCUT2D eigenvalue weighted by molar-refractivity contribution is 0.0976. The minimum absolute atomic E-state index is 0.0923. The van der Waals surface area contributed by atoms with Crippen LogP contribution in [0.25, 0.3) is 22.8 Å². The molecule has 1 aliphatic rings. The van der Waals surface area contributed by atoms with Gasteiger partial charge in [0.05, 0.1) is 0 Å². The van der Waals surface area contributed by atoms with Gasteiger partial charge in [-0.1, -0.05) is 27.4 Å². The lowest BCUT2D eigenvalue weighted by Crippen LogP contribution is -2.08. The Morgan fingerprint density at radius 2 is 1.68 bits per heavy atom. The first-order valence-electron chi connectivity index (χ1n) is 12.5. The van der Waals surface area contributed by atoms with Crippen LogP contribution < -0.4 is 14.4 Å². The van der Waals surface area contributed by atoms with Gasteiger partial charge in [0.15, 0.2) is 28.7 Å².